The van der Waals surface area contributed by atoms with Crippen LogP contribution in [0.5, 0.6) is 0 Å². The Morgan fingerprint density at radius 1 is 1.14 bits per heavy atom. The molecule has 4 aliphatic rings. The van der Waals surface area contributed by atoms with Gasteiger partial charge in [-0.05, 0) is 74.2 Å². The second-order valence-corrected chi connectivity index (χ2v) is 9.75. The SMILES string of the molecule is C[C@H]1C[C@H]2[C@@H]3CCC4=CC(O)=C(O)C(=O)[C@]4(C)[C@H]3CC[C@]2(C)[C@H]1C(=O)C(=O)O. The number of fused-ring (bicyclic) bond motifs is 5. The highest BCUT2D eigenvalue weighted by molar-refractivity contribution is 6.33. The molecule has 0 aromatic heterocycles. The molecule has 28 heavy (non-hydrogen) atoms. The molecule has 3 fully saturated rings. The number of carbonyl (C=O) groups excluding carboxylic acids is 2. The van der Waals surface area contributed by atoms with Crippen molar-refractivity contribution in [2.45, 2.75) is 52.9 Å². The van der Waals surface area contributed by atoms with Crippen molar-refractivity contribution >= 4 is 17.5 Å². The summed E-state index contributed by atoms with van der Waals surface area (Å²) in [5.74, 6) is -3.43. The van der Waals surface area contributed by atoms with Crippen molar-refractivity contribution in [1.29, 1.82) is 0 Å². The summed E-state index contributed by atoms with van der Waals surface area (Å²) >= 11 is 0. The molecule has 152 valence electrons. The lowest BCUT2D eigenvalue weighted by Crippen LogP contribution is -2.54. The zero-order chi connectivity index (χ0) is 20.6. The molecule has 4 rings (SSSR count). The predicted molar refractivity (Wildman–Crippen MR) is 100 cm³/mol. The summed E-state index contributed by atoms with van der Waals surface area (Å²) in [7, 11) is 0. The van der Waals surface area contributed by atoms with Gasteiger partial charge in [-0.3, -0.25) is 9.59 Å². The molecule has 0 bridgehead atoms. The molecule has 0 amide bonds. The molecule has 0 aromatic carbocycles. The van der Waals surface area contributed by atoms with E-state index in [1.165, 1.54) is 0 Å². The number of carboxylic acids is 1. The van der Waals surface area contributed by atoms with Crippen LogP contribution in [0.3, 0.4) is 0 Å². The minimum atomic E-state index is -1.35. The van der Waals surface area contributed by atoms with Gasteiger partial charge in [0.25, 0.3) is 0 Å². The molecule has 3 saturated carbocycles. The van der Waals surface area contributed by atoms with Gasteiger partial charge in [-0.15, -0.1) is 0 Å². The van der Waals surface area contributed by atoms with Crippen LogP contribution in [0.2, 0.25) is 0 Å². The number of ketones is 2. The first-order valence-corrected chi connectivity index (χ1v) is 10.2. The summed E-state index contributed by atoms with van der Waals surface area (Å²) in [6, 6.07) is 0. The first-order valence-electron chi connectivity index (χ1n) is 10.2. The molecule has 6 nitrogen and oxygen atoms in total. The molecule has 0 saturated heterocycles. The Kier molecular flexibility index (Phi) is 4.08. The number of carboxylic acid groups (broad SMARTS) is 1. The van der Waals surface area contributed by atoms with E-state index in [2.05, 4.69) is 6.92 Å². The van der Waals surface area contributed by atoms with Crippen LogP contribution in [0.25, 0.3) is 0 Å². The molecule has 0 aromatic rings. The van der Waals surface area contributed by atoms with Gasteiger partial charge >= 0.3 is 5.97 Å². The van der Waals surface area contributed by atoms with E-state index in [1.54, 1.807) is 6.08 Å². The summed E-state index contributed by atoms with van der Waals surface area (Å²) in [6.07, 6.45) is 5.26. The standard InChI is InChI=1S/C22H28O6/c1-10-8-14-12-5-4-11-9-15(23)17(24)19(26)22(11,3)13(12)6-7-21(14,2)16(10)18(25)20(27)28/h9-10,12-14,16,23-24H,4-8H2,1-3H3,(H,27,28)/t10-,12+,13-,14-,16+,21-,22-/m0/s1. The molecule has 3 N–H and O–H groups in total. The van der Waals surface area contributed by atoms with Crippen molar-refractivity contribution in [3.05, 3.63) is 23.2 Å². The zero-order valence-electron chi connectivity index (χ0n) is 16.6. The highest BCUT2D eigenvalue weighted by Gasteiger charge is 2.64. The number of aliphatic hydroxyl groups excluding tert-OH is 2. The van der Waals surface area contributed by atoms with E-state index >= 15 is 0 Å². The van der Waals surface area contributed by atoms with Gasteiger partial charge in [-0.25, -0.2) is 4.79 Å². The van der Waals surface area contributed by atoms with E-state index < -0.39 is 34.6 Å². The van der Waals surface area contributed by atoms with Gasteiger partial charge in [-0.2, -0.15) is 0 Å². The smallest absolute Gasteiger partial charge is 0.372 e. The molecule has 6 heteroatoms. The lowest BCUT2D eigenvalue weighted by molar-refractivity contribution is -0.155. The normalized spacial score (nSPS) is 45.0. The molecule has 0 spiro atoms. The number of aliphatic carboxylic acids is 1. The molecule has 0 heterocycles. The number of carbonyl (C=O) groups is 3. The number of Topliss-reactive ketones (excluding diaryl/α,β-unsaturated/α-hetero) is 2. The maximum absolute atomic E-state index is 13.0. The van der Waals surface area contributed by atoms with E-state index in [-0.39, 0.29) is 34.8 Å². The van der Waals surface area contributed by atoms with Crippen molar-refractivity contribution < 1.29 is 29.7 Å². The summed E-state index contributed by atoms with van der Waals surface area (Å²) < 4.78 is 0. The van der Waals surface area contributed by atoms with E-state index in [0.29, 0.717) is 19.3 Å². The third kappa shape index (κ3) is 2.23. The third-order valence-electron chi connectivity index (χ3n) is 8.67. The van der Waals surface area contributed by atoms with Gasteiger partial charge in [0.1, 0.15) is 0 Å². The van der Waals surface area contributed by atoms with E-state index in [0.717, 1.165) is 18.4 Å². The fourth-order valence-corrected chi connectivity index (χ4v) is 7.41. The van der Waals surface area contributed by atoms with Crippen LogP contribution >= 0.6 is 0 Å². The van der Waals surface area contributed by atoms with Gasteiger partial charge in [0.05, 0.1) is 5.41 Å². The van der Waals surface area contributed by atoms with E-state index in [9.17, 15) is 29.7 Å². The van der Waals surface area contributed by atoms with Crippen molar-refractivity contribution in [3.63, 3.8) is 0 Å². The highest BCUT2D eigenvalue weighted by Crippen LogP contribution is 2.67. The van der Waals surface area contributed by atoms with Crippen molar-refractivity contribution in [1.82, 2.24) is 0 Å². The largest absolute Gasteiger partial charge is 0.504 e. The number of allylic oxidation sites excluding steroid dienone is 3. The summed E-state index contributed by atoms with van der Waals surface area (Å²) in [5, 5.41) is 29.4. The fourth-order valence-electron chi connectivity index (χ4n) is 7.41. The van der Waals surface area contributed by atoms with Crippen LogP contribution in [-0.2, 0) is 14.4 Å². The van der Waals surface area contributed by atoms with Gasteiger partial charge in [0.15, 0.2) is 5.76 Å². The minimum absolute atomic E-state index is 0.00138. The number of hydrogen-bond donors (Lipinski definition) is 3. The first kappa shape index (κ1) is 19.2. The van der Waals surface area contributed by atoms with Gasteiger partial charge in [0.2, 0.25) is 17.3 Å². The summed E-state index contributed by atoms with van der Waals surface area (Å²) in [4.78, 5) is 36.9. The Balaban J connectivity index is 1.72. The fraction of sp³-hybridized carbons (Fsp3) is 0.682. The van der Waals surface area contributed by atoms with E-state index in [1.807, 2.05) is 13.8 Å². The van der Waals surface area contributed by atoms with Crippen LogP contribution in [0.4, 0.5) is 0 Å². The van der Waals surface area contributed by atoms with Crippen LogP contribution < -0.4 is 0 Å². The summed E-state index contributed by atoms with van der Waals surface area (Å²) in [5.41, 5.74) is -0.328. The Bertz CT molecular complexity index is 838. The quantitative estimate of drug-likeness (QED) is 0.623. The Morgan fingerprint density at radius 3 is 2.46 bits per heavy atom. The van der Waals surface area contributed by atoms with Crippen LogP contribution in [-0.4, -0.2) is 32.9 Å². The van der Waals surface area contributed by atoms with E-state index in [4.69, 9.17) is 0 Å². The molecule has 0 aliphatic heterocycles. The first-order chi connectivity index (χ1) is 13.0. The lowest BCUT2D eigenvalue weighted by Gasteiger charge is -2.56. The molecule has 0 unspecified atom stereocenters. The average molecular weight is 388 g/mol. The van der Waals surface area contributed by atoms with Gasteiger partial charge in [-0.1, -0.05) is 19.4 Å². The van der Waals surface area contributed by atoms with Crippen molar-refractivity contribution in [2.24, 2.45) is 40.4 Å². The maximum Gasteiger partial charge on any atom is 0.372 e. The number of aliphatic hydroxyl groups is 2. The zero-order valence-corrected chi connectivity index (χ0v) is 16.6. The minimum Gasteiger partial charge on any atom is -0.504 e. The molecular weight excluding hydrogens is 360 g/mol. The van der Waals surface area contributed by atoms with Crippen LogP contribution in [0, 0.1) is 40.4 Å². The van der Waals surface area contributed by atoms with Crippen LogP contribution in [0.1, 0.15) is 52.9 Å². The predicted octanol–water partition coefficient (Wildman–Crippen LogP) is 3.58. The number of rotatable bonds is 2. The lowest BCUT2D eigenvalue weighted by atomic mass is 9.46. The molecule has 7 atom stereocenters. The monoisotopic (exact) mass is 388 g/mol. The summed E-state index contributed by atoms with van der Waals surface area (Å²) in [6.45, 7) is 5.91. The van der Waals surface area contributed by atoms with Gasteiger partial charge < -0.3 is 15.3 Å². The average Bonchev–Trinajstić information content (AvgIpc) is 2.91. The number of hydrogen-bond acceptors (Lipinski definition) is 5. The molecule has 4 aliphatic carbocycles. The highest BCUT2D eigenvalue weighted by atomic mass is 16.4. The molecule has 0 radical (unpaired) electrons. The third-order valence-corrected chi connectivity index (χ3v) is 8.67. The Hall–Kier alpha value is -2.11. The Morgan fingerprint density at radius 2 is 1.82 bits per heavy atom. The van der Waals surface area contributed by atoms with Crippen molar-refractivity contribution in [2.75, 3.05) is 0 Å². The molecular formula is C22H28O6. The van der Waals surface area contributed by atoms with Crippen molar-refractivity contribution in [3.8, 4) is 0 Å². The maximum atomic E-state index is 13.0. The second kappa shape index (κ2) is 5.94. The second-order valence-electron chi connectivity index (χ2n) is 9.75. The van der Waals surface area contributed by atoms with Crippen LogP contribution in [0.15, 0.2) is 23.2 Å². The van der Waals surface area contributed by atoms with Gasteiger partial charge in [0, 0.05) is 5.92 Å². The Labute approximate surface area is 164 Å². The topological polar surface area (TPSA) is 112 Å².